The van der Waals surface area contributed by atoms with Gasteiger partial charge < -0.3 is 0 Å². The van der Waals surface area contributed by atoms with Crippen molar-refractivity contribution in [2.24, 2.45) is 35.5 Å². The molecule has 0 amide bonds. The van der Waals surface area contributed by atoms with Gasteiger partial charge in [-0.25, -0.2) is 0 Å². The number of ketones is 6. The minimum atomic E-state index is 0.163. The number of hydrogen-bond acceptors (Lipinski definition) is 12. The zero-order valence-corrected chi connectivity index (χ0v) is 49.3. The lowest BCUT2D eigenvalue weighted by atomic mass is 10.1. The van der Waals surface area contributed by atoms with Gasteiger partial charge in [-0.15, -0.1) is 0 Å². The van der Waals surface area contributed by atoms with Crippen LogP contribution < -0.4 is 0 Å². The molecule has 0 fully saturated rings. The summed E-state index contributed by atoms with van der Waals surface area (Å²) in [4.78, 5) is 79.6. The fraction of sp³-hybridized carbons (Fsp3) is 0.889. The Morgan fingerprint density at radius 2 is 0.288 bits per heavy atom. The maximum atomic E-state index is 11.2. The van der Waals surface area contributed by atoms with E-state index in [-0.39, 0.29) is 35.5 Å². The molecular formula is C54H114N6O6. The highest BCUT2D eigenvalue weighted by Crippen LogP contribution is 2.04. The van der Waals surface area contributed by atoms with Gasteiger partial charge >= 0.3 is 0 Å². The second-order valence-electron chi connectivity index (χ2n) is 21.8. The summed E-state index contributed by atoms with van der Waals surface area (Å²) >= 11 is 0. The second-order valence-corrected chi connectivity index (χ2v) is 21.8. The van der Waals surface area contributed by atoms with E-state index in [4.69, 9.17) is 0 Å². The predicted octanol–water partition coefficient (Wildman–Crippen LogP) is 9.31. The zero-order valence-electron chi connectivity index (χ0n) is 49.3. The van der Waals surface area contributed by atoms with E-state index in [2.05, 4.69) is 112 Å². The Labute approximate surface area is 411 Å². The molecule has 0 heterocycles. The smallest absolute Gasteiger partial charge is 0.149 e. The van der Waals surface area contributed by atoms with Crippen molar-refractivity contribution >= 4 is 34.7 Å². The van der Waals surface area contributed by atoms with E-state index >= 15 is 0 Å². The van der Waals surface area contributed by atoms with Crippen molar-refractivity contribution in [2.75, 3.05) is 81.6 Å². The first-order chi connectivity index (χ1) is 29.7. The largest absolute Gasteiger partial charge is 0.298 e. The number of carbonyl (C=O) groups excluding carboxylic acids is 6. The van der Waals surface area contributed by atoms with Crippen molar-refractivity contribution in [1.82, 2.24) is 29.4 Å². The molecular weight excluding hydrogens is 829 g/mol. The summed E-state index contributed by atoms with van der Waals surface area (Å²) in [6.07, 6.45) is 0. The lowest BCUT2D eigenvalue weighted by Crippen LogP contribution is -2.33. The van der Waals surface area contributed by atoms with Gasteiger partial charge in [0.1, 0.15) is 34.7 Å². The predicted molar refractivity (Wildman–Crippen MR) is 286 cm³/mol. The summed E-state index contributed by atoms with van der Waals surface area (Å²) in [5, 5.41) is 0. The zero-order chi connectivity index (χ0) is 54.1. The Hall–Kier alpha value is -2.22. The minimum Gasteiger partial charge on any atom is -0.298 e. The van der Waals surface area contributed by atoms with Gasteiger partial charge in [0.05, 0.1) is 39.3 Å². The molecule has 66 heavy (non-hydrogen) atoms. The average Bonchev–Trinajstić information content (AvgIpc) is 3.18. The highest BCUT2D eigenvalue weighted by molar-refractivity contribution is 5.84. The molecule has 0 aliphatic rings. The first-order valence-electron chi connectivity index (χ1n) is 25.1. The standard InChI is InChI=1S/6C9H19NO/c6*1-7(2)9(11)6-10(5)8(3)4/h6*7-8H,6H2,1-5H3. The third-order valence-electron chi connectivity index (χ3n) is 11.6. The molecule has 0 aromatic rings. The molecule has 0 rings (SSSR count). The van der Waals surface area contributed by atoms with Crippen molar-refractivity contribution < 1.29 is 28.8 Å². The van der Waals surface area contributed by atoms with Crippen molar-refractivity contribution in [1.29, 1.82) is 0 Å². The highest BCUT2D eigenvalue weighted by Gasteiger charge is 2.16. The van der Waals surface area contributed by atoms with Gasteiger partial charge in [0.2, 0.25) is 0 Å². The summed E-state index contributed by atoms with van der Waals surface area (Å²) in [5.74, 6) is 2.90. The van der Waals surface area contributed by atoms with Crippen molar-refractivity contribution in [2.45, 2.75) is 202 Å². The first-order valence-corrected chi connectivity index (χ1v) is 25.1. The van der Waals surface area contributed by atoms with Gasteiger partial charge in [-0.05, 0) is 125 Å². The number of carbonyl (C=O) groups is 6. The molecule has 0 aromatic heterocycles. The SMILES string of the molecule is CC(C)C(=O)CN(C)C(C)C.CC(C)C(=O)CN(C)C(C)C.CC(C)C(=O)CN(C)C(C)C.CC(C)C(=O)CN(C)C(C)C.CC(C)C(=O)CN(C)C(C)C.CC(C)C(=O)CN(C)C(C)C. The summed E-state index contributed by atoms with van der Waals surface area (Å²) in [6.45, 7) is 51.9. The molecule has 12 heteroatoms. The number of Topliss-reactive ketones (excluding diaryl/α,β-unsaturated/α-hetero) is 6. The van der Waals surface area contributed by atoms with E-state index in [9.17, 15) is 28.8 Å². The normalized spacial score (nSPS) is 11.6. The van der Waals surface area contributed by atoms with Crippen LogP contribution in [0.3, 0.4) is 0 Å². The van der Waals surface area contributed by atoms with Crippen LogP contribution in [-0.4, -0.2) is 182 Å². The van der Waals surface area contributed by atoms with E-state index < -0.39 is 0 Å². The highest BCUT2D eigenvalue weighted by atomic mass is 16.1. The van der Waals surface area contributed by atoms with Crippen LogP contribution in [-0.2, 0) is 28.8 Å². The quantitative estimate of drug-likeness (QED) is 0.0917. The van der Waals surface area contributed by atoms with Crippen molar-refractivity contribution in [3.05, 3.63) is 0 Å². The first kappa shape index (κ1) is 75.3. The summed E-state index contributed by atoms with van der Waals surface area (Å²) in [7, 11) is 11.9. The molecule has 0 aliphatic carbocycles. The molecule has 0 radical (unpaired) electrons. The summed E-state index contributed by atoms with van der Waals surface area (Å²) in [5.41, 5.74) is 0. The van der Waals surface area contributed by atoms with Gasteiger partial charge in [0, 0.05) is 71.8 Å². The average molecular weight is 944 g/mol. The molecule has 0 saturated heterocycles. The van der Waals surface area contributed by atoms with Crippen LogP contribution in [0.5, 0.6) is 0 Å². The summed E-state index contributed by atoms with van der Waals surface area (Å²) < 4.78 is 0. The van der Waals surface area contributed by atoms with E-state index in [1.165, 1.54) is 0 Å². The van der Waals surface area contributed by atoms with Gasteiger partial charge in [-0.2, -0.15) is 0 Å². The number of nitrogens with zero attached hydrogens (tertiary/aromatic N) is 6. The van der Waals surface area contributed by atoms with Gasteiger partial charge in [0.25, 0.3) is 0 Å². The van der Waals surface area contributed by atoms with Gasteiger partial charge in [-0.3, -0.25) is 58.2 Å². The van der Waals surface area contributed by atoms with Crippen LogP contribution in [0.1, 0.15) is 166 Å². The fourth-order valence-corrected chi connectivity index (χ4v) is 3.67. The molecule has 0 N–H and O–H groups in total. The lowest BCUT2D eigenvalue weighted by molar-refractivity contribution is -0.123. The van der Waals surface area contributed by atoms with Crippen molar-refractivity contribution in [3.8, 4) is 0 Å². The molecule has 0 saturated carbocycles. The third-order valence-corrected chi connectivity index (χ3v) is 11.6. The van der Waals surface area contributed by atoms with Crippen LogP contribution in [0.25, 0.3) is 0 Å². The Morgan fingerprint density at radius 1 is 0.212 bits per heavy atom. The van der Waals surface area contributed by atoms with Crippen LogP contribution >= 0.6 is 0 Å². The molecule has 396 valence electrons. The monoisotopic (exact) mass is 943 g/mol. The second kappa shape index (κ2) is 41.7. The van der Waals surface area contributed by atoms with Gasteiger partial charge in [-0.1, -0.05) is 83.1 Å². The molecule has 12 nitrogen and oxygen atoms in total. The van der Waals surface area contributed by atoms with Gasteiger partial charge in [0.15, 0.2) is 0 Å². The van der Waals surface area contributed by atoms with Crippen LogP contribution in [0.4, 0.5) is 0 Å². The fourth-order valence-electron chi connectivity index (χ4n) is 3.67. The molecule has 0 aliphatic heterocycles. The Morgan fingerprint density at radius 3 is 0.333 bits per heavy atom. The maximum Gasteiger partial charge on any atom is 0.149 e. The van der Waals surface area contributed by atoms with Crippen LogP contribution in [0.2, 0.25) is 0 Å². The van der Waals surface area contributed by atoms with E-state index in [0.717, 1.165) is 0 Å². The Kier molecular flexibility index (Phi) is 47.6. The van der Waals surface area contributed by atoms with Crippen LogP contribution in [0.15, 0.2) is 0 Å². The van der Waals surface area contributed by atoms with Crippen LogP contribution in [0, 0.1) is 35.5 Å². The molecule has 0 spiro atoms. The Bertz CT molecular complexity index is 1030. The third kappa shape index (κ3) is 46.9. The van der Waals surface area contributed by atoms with E-state index in [1.54, 1.807) is 0 Å². The molecule has 0 atom stereocenters. The lowest BCUT2D eigenvalue weighted by Gasteiger charge is -2.20. The number of rotatable bonds is 24. The number of hydrogen-bond donors (Lipinski definition) is 0. The van der Waals surface area contributed by atoms with E-state index in [1.807, 2.05) is 125 Å². The number of likely N-dealkylation sites (N-methyl/N-ethyl adjacent to an activating group) is 6. The Balaban J connectivity index is -0.000000164. The molecule has 0 unspecified atom stereocenters. The molecule has 0 aromatic carbocycles. The summed E-state index contributed by atoms with van der Waals surface area (Å²) in [6, 6.07) is 2.74. The van der Waals surface area contributed by atoms with E-state index in [0.29, 0.717) is 110 Å². The topological polar surface area (TPSA) is 122 Å². The molecule has 0 bridgehead atoms. The van der Waals surface area contributed by atoms with Crippen molar-refractivity contribution in [3.63, 3.8) is 0 Å². The maximum absolute atomic E-state index is 11.2. The minimum absolute atomic E-state index is 0.163.